The van der Waals surface area contributed by atoms with Crippen molar-refractivity contribution in [3.05, 3.63) is 28.4 Å². The first kappa shape index (κ1) is 29.4. The average molecular weight is 891 g/mol. The summed E-state index contributed by atoms with van der Waals surface area (Å²) in [5, 5.41) is -6.03. The normalized spacial score (nSPS) is 29.7. The third kappa shape index (κ3) is 5.05. The number of esters is 3. The van der Waals surface area contributed by atoms with E-state index < -0.39 is 81.4 Å². The fraction of sp³-hybridized carbons (Fsp3) is 0.526. The number of ether oxygens (including phenoxy) is 3. The fourth-order valence-corrected chi connectivity index (χ4v) is 7.82. The lowest BCUT2D eigenvalue weighted by molar-refractivity contribution is -0.262. The van der Waals surface area contributed by atoms with Crippen LogP contribution in [0.2, 0.25) is 0 Å². The Hall–Kier alpha value is -0.620. The van der Waals surface area contributed by atoms with E-state index in [2.05, 4.69) is 4.74 Å². The predicted octanol–water partition coefficient (Wildman–Crippen LogP) is 3.45. The molecule has 0 amide bonds. The second-order valence-electron chi connectivity index (χ2n) is 8.51. The lowest BCUT2D eigenvalue weighted by Gasteiger charge is -2.33. The lowest BCUT2D eigenvalue weighted by Crippen LogP contribution is -2.54. The average Bonchev–Trinajstić information content (AvgIpc) is 3.35. The van der Waals surface area contributed by atoms with E-state index in [4.69, 9.17) is 9.47 Å². The van der Waals surface area contributed by atoms with Crippen LogP contribution in [0.25, 0.3) is 0 Å². The SMILES string of the molecule is O=C(OC1C2CC3C(OC(=O)C31)C2C(=O)OC(C(F)(F)F)C(F)(F)S(=O)(=O)[O-])c1cc(I)cc(I)c1I. The van der Waals surface area contributed by atoms with Crippen molar-refractivity contribution < 1.29 is 63.5 Å². The van der Waals surface area contributed by atoms with Crippen LogP contribution in [0.3, 0.4) is 0 Å². The van der Waals surface area contributed by atoms with Crippen molar-refractivity contribution in [2.24, 2.45) is 23.7 Å². The Bertz CT molecular complexity index is 1290. The zero-order chi connectivity index (χ0) is 27.8. The highest BCUT2D eigenvalue weighted by molar-refractivity contribution is 14.1. The first-order valence-corrected chi connectivity index (χ1v) is 14.7. The van der Waals surface area contributed by atoms with Gasteiger partial charge >= 0.3 is 29.3 Å². The van der Waals surface area contributed by atoms with E-state index in [9.17, 15) is 49.3 Å². The van der Waals surface area contributed by atoms with E-state index in [-0.39, 0.29) is 12.0 Å². The molecule has 2 aliphatic carbocycles. The number of carbonyl (C=O) groups excluding carboxylic acids is 3. The van der Waals surface area contributed by atoms with E-state index in [0.717, 1.165) is 0 Å². The molecule has 0 N–H and O–H groups in total. The van der Waals surface area contributed by atoms with Crippen LogP contribution < -0.4 is 0 Å². The van der Waals surface area contributed by atoms with Crippen LogP contribution in [0, 0.1) is 34.4 Å². The molecule has 0 aromatic heterocycles. The van der Waals surface area contributed by atoms with Gasteiger partial charge in [-0.3, -0.25) is 9.59 Å². The molecule has 3 aliphatic rings. The molecule has 1 heterocycles. The first-order chi connectivity index (χ1) is 16.9. The highest BCUT2D eigenvalue weighted by atomic mass is 127. The Morgan fingerprint density at radius 3 is 2.30 bits per heavy atom. The maximum Gasteiger partial charge on any atom is 0.432 e. The van der Waals surface area contributed by atoms with Gasteiger partial charge in [-0.2, -0.15) is 22.0 Å². The topological polar surface area (TPSA) is 136 Å². The van der Waals surface area contributed by atoms with Gasteiger partial charge in [0.1, 0.15) is 24.0 Å². The van der Waals surface area contributed by atoms with Gasteiger partial charge in [-0.05, 0) is 86.3 Å². The van der Waals surface area contributed by atoms with Crippen molar-refractivity contribution in [3.8, 4) is 0 Å². The van der Waals surface area contributed by atoms with Crippen LogP contribution >= 0.6 is 67.8 Å². The number of hydrogen-bond acceptors (Lipinski definition) is 9. The van der Waals surface area contributed by atoms with Gasteiger partial charge in [-0.1, -0.05) is 0 Å². The minimum atomic E-state index is -6.89. The molecule has 1 aromatic carbocycles. The Balaban J connectivity index is 1.62. The summed E-state index contributed by atoms with van der Waals surface area (Å²) in [6.07, 6.45) is -13.5. The molecule has 7 unspecified atom stereocenters. The molecule has 204 valence electrons. The molecule has 2 saturated carbocycles. The molecule has 2 bridgehead atoms. The number of carbonyl (C=O) groups is 3. The maximum absolute atomic E-state index is 13.9. The van der Waals surface area contributed by atoms with E-state index >= 15 is 0 Å². The molecular formula is C19H11F5I3O9S-. The van der Waals surface area contributed by atoms with E-state index in [1.165, 1.54) is 6.07 Å². The molecule has 0 radical (unpaired) electrons. The number of halogens is 8. The van der Waals surface area contributed by atoms with Crippen LogP contribution in [0.1, 0.15) is 16.8 Å². The largest absolute Gasteiger partial charge is 0.743 e. The number of rotatable bonds is 6. The number of alkyl halides is 5. The van der Waals surface area contributed by atoms with E-state index in [1.807, 2.05) is 67.8 Å². The van der Waals surface area contributed by atoms with Crippen molar-refractivity contribution in [2.75, 3.05) is 0 Å². The third-order valence-electron chi connectivity index (χ3n) is 6.44. The molecule has 1 saturated heterocycles. The standard InChI is InChI=1S/C19H12F5I3O9S/c20-18(21,22)17(19(23,24)37(31,32)33)36-16(30)10-6-3-5-9(15(29)35-13(5)10)12(6)34-14(28)7-1-4(25)2-8(26)11(7)27/h1-2,5-6,9-10,12-13,17H,3H2,(H,31,32,33)/p-1. The summed E-state index contributed by atoms with van der Waals surface area (Å²) in [7, 11) is -6.89. The van der Waals surface area contributed by atoms with Crippen molar-refractivity contribution >= 4 is 95.8 Å². The molecular weight excluding hydrogens is 880 g/mol. The summed E-state index contributed by atoms with van der Waals surface area (Å²) in [5.74, 6) is -8.48. The smallest absolute Gasteiger partial charge is 0.432 e. The van der Waals surface area contributed by atoms with Gasteiger partial charge in [0, 0.05) is 22.5 Å². The Kier molecular flexibility index (Phi) is 7.76. The van der Waals surface area contributed by atoms with E-state index in [1.54, 1.807) is 6.07 Å². The summed E-state index contributed by atoms with van der Waals surface area (Å²) in [5.41, 5.74) is 0.124. The number of benzene rings is 1. The van der Waals surface area contributed by atoms with Crippen molar-refractivity contribution in [1.82, 2.24) is 0 Å². The molecule has 4 rings (SSSR count). The molecule has 18 heteroatoms. The molecule has 7 atom stereocenters. The second kappa shape index (κ2) is 9.78. The molecule has 1 aromatic rings. The van der Waals surface area contributed by atoms with Gasteiger partial charge in [0.25, 0.3) is 6.10 Å². The maximum atomic E-state index is 13.9. The van der Waals surface area contributed by atoms with Crippen LogP contribution in [-0.2, 0) is 33.9 Å². The fourth-order valence-electron chi connectivity index (χ4n) is 5.00. The summed E-state index contributed by atoms with van der Waals surface area (Å²) >= 11 is 5.83. The molecule has 9 nitrogen and oxygen atoms in total. The molecule has 3 fully saturated rings. The van der Waals surface area contributed by atoms with Gasteiger partial charge < -0.3 is 18.8 Å². The van der Waals surface area contributed by atoms with Crippen LogP contribution in [0.4, 0.5) is 22.0 Å². The Morgan fingerprint density at radius 2 is 1.73 bits per heavy atom. The van der Waals surface area contributed by atoms with Gasteiger partial charge in [0.15, 0.2) is 10.1 Å². The first-order valence-electron chi connectivity index (χ1n) is 10.0. The van der Waals surface area contributed by atoms with Crippen molar-refractivity contribution in [3.63, 3.8) is 0 Å². The predicted molar refractivity (Wildman–Crippen MR) is 133 cm³/mol. The highest BCUT2D eigenvalue weighted by Crippen LogP contribution is 2.59. The Labute approximate surface area is 245 Å². The van der Waals surface area contributed by atoms with Gasteiger partial charge in [-0.15, -0.1) is 0 Å². The zero-order valence-electron chi connectivity index (χ0n) is 17.5. The molecule has 0 spiro atoms. The third-order valence-corrected chi connectivity index (χ3v) is 11.0. The van der Waals surface area contributed by atoms with Crippen LogP contribution in [-0.4, -0.2) is 60.6 Å². The Morgan fingerprint density at radius 1 is 1.11 bits per heavy atom. The van der Waals surface area contributed by atoms with Gasteiger partial charge in [0.05, 0.1) is 5.56 Å². The number of hydrogen-bond donors (Lipinski definition) is 0. The summed E-state index contributed by atoms with van der Waals surface area (Å²) in [6.45, 7) is 0. The van der Waals surface area contributed by atoms with Gasteiger partial charge in [-0.25, -0.2) is 13.2 Å². The molecule has 37 heavy (non-hydrogen) atoms. The number of fused-ring (bicyclic) bond motifs is 1. The second-order valence-corrected chi connectivity index (χ2v) is 13.4. The highest BCUT2D eigenvalue weighted by Gasteiger charge is 2.71. The molecule has 1 aliphatic heterocycles. The van der Waals surface area contributed by atoms with Crippen molar-refractivity contribution in [2.45, 2.75) is 36.2 Å². The summed E-state index contributed by atoms with van der Waals surface area (Å²) < 4.78 is 116. The van der Waals surface area contributed by atoms with Crippen molar-refractivity contribution in [1.29, 1.82) is 0 Å². The monoisotopic (exact) mass is 891 g/mol. The summed E-state index contributed by atoms with van der Waals surface area (Å²) in [4.78, 5) is 38.1. The minimum absolute atomic E-state index is 0.0351. The van der Waals surface area contributed by atoms with Gasteiger partial charge in [0.2, 0.25) is 0 Å². The van der Waals surface area contributed by atoms with Crippen LogP contribution in [0.15, 0.2) is 12.1 Å². The van der Waals surface area contributed by atoms with E-state index in [0.29, 0.717) is 10.7 Å². The lowest BCUT2D eigenvalue weighted by atomic mass is 9.80. The van der Waals surface area contributed by atoms with Crippen LogP contribution in [0.5, 0.6) is 0 Å². The quantitative estimate of drug-likeness (QED) is 0.105. The summed E-state index contributed by atoms with van der Waals surface area (Å²) in [6, 6.07) is 3.28. The zero-order valence-corrected chi connectivity index (χ0v) is 24.8. The minimum Gasteiger partial charge on any atom is -0.743 e.